The third-order valence-electron chi connectivity index (χ3n) is 3.51. The van der Waals surface area contributed by atoms with E-state index < -0.39 is 17.5 Å². The van der Waals surface area contributed by atoms with E-state index in [0.717, 1.165) is 22.9 Å². The van der Waals surface area contributed by atoms with Gasteiger partial charge in [-0.1, -0.05) is 15.9 Å². The molecule has 0 heterocycles. The molecule has 0 spiro atoms. The van der Waals surface area contributed by atoms with E-state index in [9.17, 15) is 14.7 Å². The number of halogens is 1. The standard InChI is InChI=1S/C14H17BrN2O3/c1-8-5-10(15)7-11(6-8)16-13(20)17-14(2,12(18)19)9-3-4-9/h5-7,9H,3-4H2,1-2H3,(H,18,19)(H2,16,17,20). The number of amides is 2. The number of benzene rings is 1. The number of carbonyl (C=O) groups excluding carboxylic acids is 1. The van der Waals surface area contributed by atoms with Crippen LogP contribution in [-0.4, -0.2) is 22.6 Å². The smallest absolute Gasteiger partial charge is 0.329 e. The molecular formula is C14H17BrN2O3. The normalized spacial score (nSPS) is 17.1. The Balaban J connectivity index is 2.06. The van der Waals surface area contributed by atoms with Crippen LogP contribution in [0.4, 0.5) is 10.5 Å². The lowest BCUT2D eigenvalue weighted by molar-refractivity contribution is -0.144. The second-order valence-corrected chi connectivity index (χ2v) is 6.29. The minimum absolute atomic E-state index is 0.00926. The molecule has 0 aromatic heterocycles. The zero-order valence-corrected chi connectivity index (χ0v) is 13.0. The number of carboxylic acid groups (broad SMARTS) is 1. The first-order chi connectivity index (χ1) is 9.31. The second-order valence-electron chi connectivity index (χ2n) is 5.38. The number of carbonyl (C=O) groups is 2. The van der Waals surface area contributed by atoms with Crippen LogP contribution in [0.1, 0.15) is 25.3 Å². The lowest BCUT2D eigenvalue weighted by Gasteiger charge is -2.26. The van der Waals surface area contributed by atoms with Crippen LogP contribution in [-0.2, 0) is 4.79 Å². The van der Waals surface area contributed by atoms with Crippen molar-refractivity contribution in [3.05, 3.63) is 28.2 Å². The van der Waals surface area contributed by atoms with Gasteiger partial charge in [0.2, 0.25) is 0 Å². The van der Waals surface area contributed by atoms with Crippen LogP contribution in [0.2, 0.25) is 0 Å². The van der Waals surface area contributed by atoms with E-state index in [4.69, 9.17) is 0 Å². The van der Waals surface area contributed by atoms with Gasteiger partial charge in [0.25, 0.3) is 0 Å². The largest absolute Gasteiger partial charge is 0.480 e. The molecule has 1 atom stereocenters. The fraction of sp³-hybridized carbons (Fsp3) is 0.429. The van der Waals surface area contributed by atoms with E-state index in [1.165, 1.54) is 0 Å². The molecule has 2 amide bonds. The van der Waals surface area contributed by atoms with Gasteiger partial charge in [0, 0.05) is 10.2 Å². The second kappa shape index (κ2) is 5.44. The lowest BCUT2D eigenvalue weighted by atomic mass is 9.96. The van der Waals surface area contributed by atoms with Crippen molar-refractivity contribution in [1.82, 2.24) is 5.32 Å². The lowest BCUT2D eigenvalue weighted by Crippen LogP contribution is -2.55. The molecule has 0 saturated heterocycles. The van der Waals surface area contributed by atoms with Crippen LogP contribution in [0.15, 0.2) is 22.7 Å². The quantitative estimate of drug-likeness (QED) is 0.787. The molecule has 0 bridgehead atoms. The summed E-state index contributed by atoms with van der Waals surface area (Å²) in [7, 11) is 0. The predicted octanol–water partition coefficient (Wildman–Crippen LogP) is 3.13. The van der Waals surface area contributed by atoms with Gasteiger partial charge in [-0.3, -0.25) is 0 Å². The molecular weight excluding hydrogens is 324 g/mol. The molecule has 20 heavy (non-hydrogen) atoms. The summed E-state index contributed by atoms with van der Waals surface area (Å²) in [4.78, 5) is 23.3. The molecule has 6 heteroatoms. The third-order valence-corrected chi connectivity index (χ3v) is 3.97. The van der Waals surface area contributed by atoms with Crippen molar-refractivity contribution in [2.45, 2.75) is 32.2 Å². The van der Waals surface area contributed by atoms with Gasteiger partial charge in [-0.25, -0.2) is 9.59 Å². The van der Waals surface area contributed by atoms with E-state index in [1.54, 1.807) is 13.0 Å². The van der Waals surface area contributed by atoms with Crippen molar-refractivity contribution in [3.8, 4) is 0 Å². The Morgan fingerprint density at radius 2 is 2.00 bits per heavy atom. The summed E-state index contributed by atoms with van der Waals surface area (Å²) in [5.41, 5.74) is 0.418. The topological polar surface area (TPSA) is 78.4 Å². The number of anilines is 1. The van der Waals surface area contributed by atoms with Gasteiger partial charge in [0.15, 0.2) is 0 Å². The number of rotatable bonds is 4. The SMILES string of the molecule is Cc1cc(Br)cc(NC(=O)NC(C)(C(=O)O)C2CC2)c1. The molecule has 108 valence electrons. The van der Waals surface area contributed by atoms with E-state index in [-0.39, 0.29) is 5.92 Å². The van der Waals surface area contributed by atoms with Gasteiger partial charge in [0.1, 0.15) is 5.54 Å². The number of hydrogen-bond acceptors (Lipinski definition) is 2. The average molecular weight is 341 g/mol. The summed E-state index contributed by atoms with van der Waals surface area (Å²) in [6.07, 6.45) is 1.66. The molecule has 5 nitrogen and oxygen atoms in total. The molecule has 1 aromatic carbocycles. The van der Waals surface area contributed by atoms with Crippen LogP contribution in [0.5, 0.6) is 0 Å². The van der Waals surface area contributed by atoms with Crippen molar-refractivity contribution >= 4 is 33.6 Å². The minimum atomic E-state index is -1.20. The average Bonchev–Trinajstić information content (AvgIpc) is 3.10. The van der Waals surface area contributed by atoms with Crippen LogP contribution in [0.25, 0.3) is 0 Å². The van der Waals surface area contributed by atoms with Gasteiger partial charge in [-0.05, 0) is 56.4 Å². The van der Waals surface area contributed by atoms with Crippen LogP contribution < -0.4 is 10.6 Å². The van der Waals surface area contributed by atoms with Crippen molar-refractivity contribution in [1.29, 1.82) is 0 Å². The Labute approximate surface area is 125 Å². The Kier molecular flexibility index (Phi) is 4.04. The van der Waals surface area contributed by atoms with Gasteiger partial charge < -0.3 is 15.7 Å². The van der Waals surface area contributed by atoms with E-state index in [2.05, 4.69) is 26.6 Å². The number of urea groups is 1. The van der Waals surface area contributed by atoms with Crippen LogP contribution >= 0.6 is 15.9 Å². The Bertz CT molecular complexity index is 537. The van der Waals surface area contributed by atoms with Gasteiger partial charge in [-0.15, -0.1) is 0 Å². The maximum absolute atomic E-state index is 12.0. The van der Waals surface area contributed by atoms with Crippen molar-refractivity contribution in [2.24, 2.45) is 5.92 Å². The van der Waals surface area contributed by atoms with E-state index in [0.29, 0.717) is 5.69 Å². The number of nitrogens with one attached hydrogen (secondary N) is 2. The number of hydrogen-bond donors (Lipinski definition) is 3. The Hall–Kier alpha value is -1.56. The zero-order chi connectivity index (χ0) is 14.9. The molecule has 1 fully saturated rings. The van der Waals surface area contributed by atoms with Crippen LogP contribution in [0, 0.1) is 12.8 Å². The molecule has 2 rings (SSSR count). The monoisotopic (exact) mass is 340 g/mol. The van der Waals surface area contributed by atoms with Gasteiger partial charge in [0.05, 0.1) is 0 Å². The summed E-state index contributed by atoms with van der Waals surface area (Å²) in [5, 5.41) is 14.5. The molecule has 1 unspecified atom stereocenters. The fourth-order valence-electron chi connectivity index (χ4n) is 2.20. The highest BCUT2D eigenvalue weighted by Gasteiger charge is 2.48. The highest BCUT2D eigenvalue weighted by Crippen LogP contribution is 2.39. The van der Waals surface area contributed by atoms with Gasteiger partial charge in [-0.2, -0.15) is 0 Å². The van der Waals surface area contributed by atoms with Crippen molar-refractivity contribution < 1.29 is 14.7 Å². The Morgan fingerprint density at radius 3 is 2.50 bits per heavy atom. The van der Waals surface area contributed by atoms with Gasteiger partial charge >= 0.3 is 12.0 Å². The first kappa shape index (κ1) is 14.8. The number of aliphatic carboxylic acids is 1. The molecule has 1 aliphatic rings. The molecule has 1 saturated carbocycles. The predicted molar refractivity (Wildman–Crippen MR) is 79.8 cm³/mol. The summed E-state index contributed by atoms with van der Waals surface area (Å²) >= 11 is 3.35. The third kappa shape index (κ3) is 3.30. The first-order valence-electron chi connectivity index (χ1n) is 6.41. The zero-order valence-electron chi connectivity index (χ0n) is 11.4. The number of carboxylic acids is 1. The van der Waals surface area contributed by atoms with Crippen molar-refractivity contribution in [3.63, 3.8) is 0 Å². The number of aryl methyl sites for hydroxylation is 1. The Morgan fingerprint density at radius 1 is 1.35 bits per heavy atom. The van der Waals surface area contributed by atoms with Crippen molar-refractivity contribution in [2.75, 3.05) is 5.32 Å². The van der Waals surface area contributed by atoms with Crippen LogP contribution in [0.3, 0.4) is 0 Å². The minimum Gasteiger partial charge on any atom is -0.480 e. The summed E-state index contributed by atoms with van der Waals surface area (Å²) in [5.74, 6) is -0.990. The summed E-state index contributed by atoms with van der Waals surface area (Å²) in [6.45, 7) is 3.47. The maximum Gasteiger partial charge on any atom is 0.329 e. The molecule has 0 aliphatic heterocycles. The summed E-state index contributed by atoms with van der Waals surface area (Å²) < 4.78 is 0.857. The molecule has 0 radical (unpaired) electrons. The summed E-state index contributed by atoms with van der Waals surface area (Å²) in [6, 6.07) is 5.01. The first-order valence-corrected chi connectivity index (χ1v) is 7.20. The highest BCUT2D eigenvalue weighted by atomic mass is 79.9. The maximum atomic E-state index is 12.0. The fourth-order valence-corrected chi connectivity index (χ4v) is 2.81. The highest BCUT2D eigenvalue weighted by molar-refractivity contribution is 9.10. The molecule has 1 aromatic rings. The molecule has 3 N–H and O–H groups in total. The van der Waals surface area contributed by atoms with E-state index >= 15 is 0 Å². The molecule has 1 aliphatic carbocycles. The van der Waals surface area contributed by atoms with E-state index in [1.807, 2.05) is 19.1 Å².